The number of ether oxygens (including phenoxy) is 1. The van der Waals surface area contributed by atoms with Crippen LogP contribution in [0.3, 0.4) is 0 Å². The Morgan fingerprint density at radius 2 is 2.00 bits per heavy atom. The molecular weight excluding hydrogens is 256 g/mol. The van der Waals surface area contributed by atoms with Crippen LogP contribution in [0.15, 0.2) is 24.3 Å². The van der Waals surface area contributed by atoms with Gasteiger partial charge in [-0.3, -0.25) is 4.90 Å². The molecule has 0 bridgehead atoms. The summed E-state index contributed by atoms with van der Waals surface area (Å²) in [6.07, 6.45) is 0.706. The second kappa shape index (κ2) is 7.38. The molecule has 0 unspecified atom stereocenters. The minimum atomic E-state index is -0.322. The molecule has 2 N–H and O–H groups in total. The van der Waals surface area contributed by atoms with Gasteiger partial charge in [-0.1, -0.05) is 12.1 Å². The Morgan fingerprint density at radius 3 is 2.55 bits per heavy atom. The average Bonchev–Trinajstić information content (AvgIpc) is 2.53. The van der Waals surface area contributed by atoms with E-state index < -0.39 is 0 Å². The Kier molecular flexibility index (Phi) is 5.52. The fraction of sp³-hybridized carbons (Fsp3) is 0.533. The monoisotopic (exact) mass is 278 g/mol. The number of nitrogens with one attached hydrogen (secondary N) is 1. The van der Waals surface area contributed by atoms with Gasteiger partial charge in [-0.25, -0.2) is 4.79 Å². The summed E-state index contributed by atoms with van der Waals surface area (Å²) in [5, 5.41) is 12.6. The van der Waals surface area contributed by atoms with Crippen LogP contribution in [-0.4, -0.2) is 55.9 Å². The van der Waals surface area contributed by atoms with E-state index in [0.717, 1.165) is 31.7 Å². The van der Waals surface area contributed by atoms with Crippen molar-refractivity contribution in [2.75, 3.05) is 39.9 Å². The first-order valence-corrected chi connectivity index (χ1v) is 7.00. The molecule has 0 radical (unpaired) electrons. The summed E-state index contributed by atoms with van der Waals surface area (Å²) >= 11 is 0. The van der Waals surface area contributed by atoms with Gasteiger partial charge in [-0.05, 0) is 24.1 Å². The Hall–Kier alpha value is -1.43. The van der Waals surface area contributed by atoms with Crippen molar-refractivity contribution in [3.05, 3.63) is 35.4 Å². The van der Waals surface area contributed by atoms with Crippen molar-refractivity contribution in [1.29, 1.82) is 0 Å². The molecule has 0 aliphatic carbocycles. The molecule has 0 spiro atoms. The minimum Gasteiger partial charge on any atom is -0.465 e. The van der Waals surface area contributed by atoms with E-state index in [9.17, 15) is 9.90 Å². The fourth-order valence-corrected chi connectivity index (χ4v) is 2.64. The van der Waals surface area contributed by atoms with Crippen molar-refractivity contribution in [1.82, 2.24) is 10.2 Å². The van der Waals surface area contributed by atoms with Crippen molar-refractivity contribution in [3.63, 3.8) is 0 Å². The van der Waals surface area contributed by atoms with Crippen LogP contribution in [0.25, 0.3) is 0 Å². The van der Waals surface area contributed by atoms with E-state index in [1.54, 1.807) is 12.1 Å². The number of piperazine rings is 1. The molecule has 1 aromatic carbocycles. The van der Waals surface area contributed by atoms with Crippen LogP contribution in [-0.2, 0) is 4.74 Å². The van der Waals surface area contributed by atoms with Crippen LogP contribution in [0.2, 0.25) is 0 Å². The van der Waals surface area contributed by atoms with Gasteiger partial charge >= 0.3 is 5.97 Å². The van der Waals surface area contributed by atoms with Crippen LogP contribution in [0.5, 0.6) is 0 Å². The minimum absolute atomic E-state index is 0.160. The van der Waals surface area contributed by atoms with Gasteiger partial charge in [0.05, 0.1) is 12.7 Å². The van der Waals surface area contributed by atoms with E-state index in [4.69, 9.17) is 4.74 Å². The third kappa shape index (κ3) is 3.56. The van der Waals surface area contributed by atoms with Gasteiger partial charge in [0.15, 0.2) is 0 Å². The number of hydrogen-bond acceptors (Lipinski definition) is 5. The second-order valence-electron chi connectivity index (χ2n) is 4.93. The summed E-state index contributed by atoms with van der Waals surface area (Å²) in [5.74, 6) is -0.322. The normalized spacial score (nSPS) is 17.7. The van der Waals surface area contributed by atoms with E-state index in [0.29, 0.717) is 12.0 Å². The van der Waals surface area contributed by atoms with Gasteiger partial charge in [-0.15, -0.1) is 0 Å². The smallest absolute Gasteiger partial charge is 0.337 e. The first-order chi connectivity index (χ1) is 9.76. The molecule has 0 amide bonds. The molecule has 1 aromatic rings. The number of nitrogens with zero attached hydrogens (tertiary/aromatic N) is 1. The van der Waals surface area contributed by atoms with E-state index in [2.05, 4.69) is 10.2 Å². The van der Waals surface area contributed by atoms with Crippen molar-refractivity contribution < 1.29 is 14.6 Å². The Morgan fingerprint density at radius 1 is 1.35 bits per heavy atom. The Labute approximate surface area is 119 Å². The first kappa shape index (κ1) is 15.0. The van der Waals surface area contributed by atoms with Crippen molar-refractivity contribution in [3.8, 4) is 0 Å². The molecule has 1 aliphatic rings. The topological polar surface area (TPSA) is 61.8 Å². The lowest BCUT2D eigenvalue weighted by Gasteiger charge is -2.35. The summed E-state index contributed by atoms with van der Waals surface area (Å²) in [4.78, 5) is 13.8. The number of methoxy groups -OCH3 is 1. The maximum Gasteiger partial charge on any atom is 0.337 e. The third-order valence-corrected chi connectivity index (χ3v) is 3.71. The fourth-order valence-electron chi connectivity index (χ4n) is 2.64. The predicted octanol–water partition coefficient (Wildman–Crippen LogP) is 0.802. The number of benzene rings is 1. The molecule has 5 heteroatoms. The standard InChI is InChI=1S/C15H22N2O3/c1-20-15(19)13-4-2-12(3-5-13)14(6-11-18)17-9-7-16-8-10-17/h2-5,14,16,18H,6-11H2,1H3/t14-/m0/s1. The number of rotatable bonds is 5. The van der Waals surface area contributed by atoms with Gasteiger partial charge in [0.1, 0.15) is 0 Å². The van der Waals surface area contributed by atoms with Gasteiger partial charge < -0.3 is 15.2 Å². The zero-order chi connectivity index (χ0) is 14.4. The maximum atomic E-state index is 11.4. The van der Waals surface area contributed by atoms with E-state index in [1.165, 1.54) is 7.11 Å². The number of carbonyl (C=O) groups is 1. The highest BCUT2D eigenvalue weighted by Gasteiger charge is 2.21. The largest absolute Gasteiger partial charge is 0.465 e. The lowest BCUT2D eigenvalue weighted by atomic mass is 10.00. The molecule has 110 valence electrons. The van der Waals surface area contributed by atoms with Crippen molar-refractivity contribution >= 4 is 5.97 Å². The van der Waals surface area contributed by atoms with Gasteiger partial charge in [-0.2, -0.15) is 0 Å². The number of aliphatic hydroxyl groups is 1. The highest BCUT2D eigenvalue weighted by atomic mass is 16.5. The molecule has 1 saturated heterocycles. The number of esters is 1. The highest BCUT2D eigenvalue weighted by molar-refractivity contribution is 5.89. The van der Waals surface area contributed by atoms with E-state index in [-0.39, 0.29) is 18.6 Å². The SMILES string of the molecule is COC(=O)c1ccc([C@H](CCO)N2CCNCC2)cc1. The zero-order valence-corrected chi connectivity index (χ0v) is 11.8. The molecule has 1 heterocycles. The van der Waals surface area contributed by atoms with Crippen molar-refractivity contribution in [2.45, 2.75) is 12.5 Å². The lowest BCUT2D eigenvalue weighted by Crippen LogP contribution is -2.45. The molecule has 1 aliphatic heterocycles. The predicted molar refractivity (Wildman–Crippen MR) is 76.7 cm³/mol. The molecule has 1 atom stereocenters. The summed E-state index contributed by atoms with van der Waals surface area (Å²) in [6.45, 7) is 4.06. The second-order valence-corrected chi connectivity index (χ2v) is 4.93. The Bertz CT molecular complexity index is 427. The Balaban J connectivity index is 2.13. The molecule has 20 heavy (non-hydrogen) atoms. The maximum absolute atomic E-state index is 11.4. The average molecular weight is 278 g/mol. The molecule has 2 rings (SSSR count). The number of carbonyl (C=O) groups excluding carboxylic acids is 1. The van der Waals surface area contributed by atoms with Gasteiger partial charge in [0, 0.05) is 38.8 Å². The third-order valence-electron chi connectivity index (χ3n) is 3.71. The summed E-state index contributed by atoms with van der Waals surface area (Å²) in [7, 11) is 1.38. The molecule has 0 saturated carbocycles. The highest BCUT2D eigenvalue weighted by Crippen LogP contribution is 2.24. The first-order valence-electron chi connectivity index (χ1n) is 7.00. The van der Waals surface area contributed by atoms with E-state index >= 15 is 0 Å². The van der Waals surface area contributed by atoms with Gasteiger partial charge in [0.25, 0.3) is 0 Å². The molecule has 5 nitrogen and oxygen atoms in total. The number of aliphatic hydroxyl groups excluding tert-OH is 1. The molecule has 1 fully saturated rings. The van der Waals surface area contributed by atoms with Crippen LogP contribution >= 0.6 is 0 Å². The van der Waals surface area contributed by atoms with Crippen LogP contribution in [0, 0.1) is 0 Å². The zero-order valence-electron chi connectivity index (χ0n) is 11.8. The van der Waals surface area contributed by atoms with Crippen LogP contribution < -0.4 is 5.32 Å². The molecule has 0 aromatic heterocycles. The summed E-state index contributed by atoms with van der Waals surface area (Å²) in [5.41, 5.74) is 1.69. The quantitative estimate of drug-likeness (QED) is 0.780. The summed E-state index contributed by atoms with van der Waals surface area (Å²) in [6, 6.07) is 7.68. The van der Waals surface area contributed by atoms with Gasteiger partial charge in [0.2, 0.25) is 0 Å². The summed E-state index contributed by atoms with van der Waals surface area (Å²) < 4.78 is 4.70. The molecular formula is C15H22N2O3. The van der Waals surface area contributed by atoms with Crippen molar-refractivity contribution in [2.24, 2.45) is 0 Å². The van der Waals surface area contributed by atoms with Crippen LogP contribution in [0.1, 0.15) is 28.4 Å². The van der Waals surface area contributed by atoms with E-state index in [1.807, 2.05) is 12.1 Å². The number of hydrogen-bond donors (Lipinski definition) is 2. The lowest BCUT2D eigenvalue weighted by molar-refractivity contribution is 0.0600. The van der Waals surface area contributed by atoms with Crippen LogP contribution in [0.4, 0.5) is 0 Å².